The molecule has 0 bridgehead atoms. The van der Waals surface area contributed by atoms with Gasteiger partial charge in [-0.2, -0.15) is 5.26 Å². The number of hydrogen-bond donors (Lipinski definition) is 1. The van der Waals surface area contributed by atoms with Crippen molar-refractivity contribution in [3.8, 4) is 6.07 Å². The van der Waals surface area contributed by atoms with Gasteiger partial charge in [0.15, 0.2) is 0 Å². The van der Waals surface area contributed by atoms with Crippen LogP contribution < -0.4 is 5.32 Å². The first-order valence-electron chi connectivity index (χ1n) is 6.23. The predicted octanol–water partition coefficient (Wildman–Crippen LogP) is 5.11. The van der Waals surface area contributed by atoms with Crippen molar-refractivity contribution in [1.82, 2.24) is 0 Å². The zero-order valence-corrected chi connectivity index (χ0v) is 11.4. The SMILES string of the molecule is N#Cc1ccc(Nc2ccccc2Cl)c2ccccc12. The van der Waals surface area contributed by atoms with Crippen LogP contribution in [0.4, 0.5) is 11.4 Å². The number of nitriles is 1. The van der Waals surface area contributed by atoms with Gasteiger partial charge in [0.2, 0.25) is 0 Å². The number of nitrogens with one attached hydrogen (secondary N) is 1. The van der Waals surface area contributed by atoms with E-state index in [-0.39, 0.29) is 0 Å². The highest BCUT2D eigenvalue weighted by Crippen LogP contribution is 2.31. The molecular formula is C17H11ClN2. The molecule has 20 heavy (non-hydrogen) atoms. The average Bonchev–Trinajstić information content (AvgIpc) is 2.50. The van der Waals surface area contributed by atoms with Crippen LogP contribution in [0.2, 0.25) is 5.02 Å². The van der Waals surface area contributed by atoms with E-state index in [0.717, 1.165) is 22.1 Å². The summed E-state index contributed by atoms with van der Waals surface area (Å²) >= 11 is 6.17. The van der Waals surface area contributed by atoms with Crippen molar-refractivity contribution < 1.29 is 0 Å². The van der Waals surface area contributed by atoms with E-state index in [1.807, 2.05) is 60.7 Å². The van der Waals surface area contributed by atoms with E-state index in [1.165, 1.54) is 0 Å². The van der Waals surface area contributed by atoms with Gasteiger partial charge < -0.3 is 5.32 Å². The smallest absolute Gasteiger partial charge is 0.0998 e. The second-order valence-corrected chi connectivity index (χ2v) is 4.83. The first-order chi connectivity index (χ1) is 9.79. The Hall–Kier alpha value is -2.50. The largest absolute Gasteiger partial charge is 0.354 e. The number of para-hydroxylation sites is 1. The lowest BCUT2D eigenvalue weighted by Crippen LogP contribution is -1.93. The maximum Gasteiger partial charge on any atom is 0.0998 e. The molecule has 3 heteroatoms. The maximum atomic E-state index is 9.17. The molecule has 0 saturated carbocycles. The van der Waals surface area contributed by atoms with Gasteiger partial charge in [0.25, 0.3) is 0 Å². The number of nitrogens with zero attached hydrogens (tertiary/aromatic N) is 1. The van der Waals surface area contributed by atoms with Crippen LogP contribution in [0.1, 0.15) is 5.56 Å². The van der Waals surface area contributed by atoms with E-state index in [4.69, 9.17) is 16.9 Å². The van der Waals surface area contributed by atoms with E-state index >= 15 is 0 Å². The summed E-state index contributed by atoms with van der Waals surface area (Å²) in [6.45, 7) is 0. The summed E-state index contributed by atoms with van der Waals surface area (Å²) in [7, 11) is 0. The van der Waals surface area contributed by atoms with Gasteiger partial charge in [0.05, 0.1) is 22.3 Å². The maximum absolute atomic E-state index is 9.17. The lowest BCUT2D eigenvalue weighted by atomic mass is 10.0. The first-order valence-corrected chi connectivity index (χ1v) is 6.61. The van der Waals surface area contributed by atoms with Crippen LogP contribution in [0.3, 0.4) is 0 Å². The van der Waals surface area contributed by atoms with Gasteiger partial charge in [-0.15, -0.1) is 0 Å². The Labute approximate surface area is 122 Å². The third-order valence-electron chi connectivity index (χ3n) is 3.19. The van der Waals surface area contributed by atoms with E-state index in [9.17, 15) is 0 Å². The van der Waals surface area contributed by atoms with Gasteiger partial charge in [-0.3, -0.25) is 0 Å². The summed E-state index contributed by atoms with van der Waals surface area (Å²) in [4.78, 5) is 0. The quantitative estimate of drug-likeness (QED) is 0.707. The Kier molecular flexibility index (Phi) is 3.28. The fourth-order valence-corrected chi connectivity index (χ4v) is 2.40. The Morgan fingerprint density at radius 1 is 0.800 bits per heavy atom. The zero-order chi connectivity index (χ0) is 13.9. The van der Waals surface area contributed by atoms with Crippen molar-refractivity contribution in [2.45, 2.75) is 0 Å². The Balaban J connectivity index is 2.14. The van der Waals surface area contributed by atoms with Gasteiger partial charge >= 0.3 is 0 Å². The van der Waals surface area contributed by atoms with Gasteiger partial charge in [0.1, 0.15) is 0 Å². The molecule has 0 fully saturated rings. The number of anilines is 2. The molecule has 2 nitrogen and oxygen atoms in total. The topological polar surface area (TPSA) is 35.8 Å². The fourth-order valence-electron chi connectivity index (χ4n) is 2.21. The lowest BCUT2D eigenvalue weighted by molar-refractivity contribution is 1.50. The molecule has 3 aromatic rings. The Bertz CT molecular complexity index is 819. The van der Waals surface area contributed by atoms with Crippen LogP contribution in [-0.4, -0.2) is 0 Å². The normalized spacial score (nSPS) is 10.2. The summed E-state index contributed by atoms with van der Waals surface area (Å²) in [6, 6.07) is 21.4. The summed E-state index contributed by atoms with van der Waals surface area (Å²) in [5.41, 5.74) is 2.46. The molecule has 3 aromatic carbocycles. The van der Waals surface area contributed by atoms with Crippen molar-refractivity contribution >= 4 is 33.7 Å². The standard InChI is InChI=1S/C17H11ClN2/c18-15-7-3-4-8-17(15)20-16-10-9-12(11-19)13-5-1-2-6-14(13)16/h1-10,20H. The number of benzene rings is 3. The zero-order valence-electron chi connectivity index (χ0n) is 10.6. The summed E-state index contributed by atoms with van der Waals surface area (Å²) in [6.07, 6.45) is 0. The predicted molar refractivity (Wildman–Crippen MR) is 83.4 cm³/mol. The van der Waals surface area contributed by atoms with Crippen molar-refractivity contribution in [1.29, 1.82) is 5.26 Å². The molecule has 0 aliphatic carbocycles. The van der Waals surface area contributed by atoms with Crippen LogP contribution in [0, 0.1) is 11.3 Å². The minimum Gasteiger partial charge on any atom is -0.354 e. The molecule has 1 N–H and O–H groups in total. The van der Waals surface area contributed by atoms with Crippen molar-refractivity contribution in [3.05, 3.63) is 71.2 Å². The van der Waals surface area contributed by atoms with E-state index < -0.39 is 0 Å². The van der Waals surface area contributed by atoms with Gasteiger partial charge in [0, 0.05) is 16.5 Å². The highest BCUT2D eigenvalue weighted by Gasteiger charge is 2.06. The molecule has 0 amide bonds. The third-order valence-corrected chi connectivity index (χ3v) is 3.52. The Morgan fingerprint density at radius 3 is 2.25 bits per heavy atom. The Morgan fingerprint density at radius 2 is 1.50 bits per heavy atom. The summed E-state index contributed by atoms with van der Waals surface area (Å²) < 4.78 is 0. The molecule has 3 rings (SSSR count). The van der Waals surface area contributed by atoms with Crippen molar-refractivity contribution in [2.24, 2.45) is 0 Å². The molecular weight excluding hydrogens is 268 g/mol. The van der Waals surface area contributed by atoms with Crippen LogP contribution in [0.5, 0.6) is 0 Å². The molecule has 0 saturated heterocycles. The molecule has 0 radical (unpaired) electrons. The minimum atomic E-state index is 0.668. The molecule has 0 heterocycles. The van der Waals surface area contributed by atoms with E-state index in [1.54, 1.807) is 0 Å². The highest BCUT2D eigenvalue weighted by molar-refractivity contribution is 6.33. The molecule has 0 aliphatic rings. The molecule has 96 valence electrons. The van der Waals surface area contributed by atoms with Crippen LogP contribution in [0.25, 0.3) is 10.8 Å². The highest BCUT2D eigenvalue weighted by atomic mass is 35.5. The van der Waals surface area contributed by atoms with Gasteiger partial charge in [-0.25, -0.2) is 0 Å². The molecule has 0 spiro atoms. The molecule has 0 unspecified atom stereocenters. The number of halogens is 1. The van der Waals surface area contributed by atoms with Gasteiger partial charge in [-0.05, 0) is 24.3 Å². The first kappa shape index (κ1) is 12.5. The van der Waals surface area contributed by atoms with Crippen LogP contribution in [0.15, 0.2) is 60.7 Å². The van der Waals surface area contributed by atoms with Crippen molar-refractivity contribution in [3.63, 3.8) is 0 Å². The molecule has 0 aliphatic heterocycles. The second kappa shape index (κ2) is 5.24. The van der Waals surface area contributed by atoms with Gasteiger partial charge in [-0.1, -0.05) is 48.0 Å². The summed E-state index contributed by atoms with van der Waals surface area (Å²) in [5.74, 6) is 0. The molecule has 0 atom stereocenters. The average molecular weight is 279 g/mol. The fraction of sp³-hybridized carbons (Fsp3) is 0. The number of fused-ring (bicyclic) bond motifs is 1. The second-order valence-electron chi connectivity index (χ2n) is 4.42. The van der Waals surface area contributed by atoms with E-state index in [0.29, 0.717) is 10.6 Å². The lowest BCUT2D eigenvalue weighted by Gasteiger charge is -2.12. The third kappa shape index (κ3) is 2.20. The summed E-state index contributed by atoms with van der Waals surface area (Å²) in [5, 5.41) is 15.1. The number of hydrogen-bond acceptors (Lipinski definition) is 2. The molecule has 0 aromatic heterocycles. The van der Waals surface area contributed by atoms with Crippen LogP contribution >= 0.6 is 11.6 Å². The van der Waals surface area contributed by atoms with Crippen LogP contribution in [-0.2, 0) is 0 Å². The monoisotopic (exact) mass is 278 g/mol. The van der Waals surface area contributed by atoms with Crippen molar-refractivity contribution in [2.75, 3.05) is 5.32 Å². The minimum absolute atomic E-state index is 0.668. The van der Waals surface area contributed by atoms with E-state index in [2.05, 4.69) is 11.4 Å². The number of rotatable bonds is 2.